The lowest BCUT2D eigenvalue weighted by Gasteiger charge is -2.36. The van der Waals surface area contributed by atoms with Crippen LogP contribution in [0.1, 0.15) is 59.3 Å². The van der Waals surface area contributed by atoms with E-state index in [1.54, 1.807) is 6.08 Å². The van der Waals surface area contributed by atoms with E-state index in [4.69, 9.17) is 9.16 Å². The van der Waals surface area contributed by atoms with Crippen molar-refractivity contribution in [2.45, 2.75) is 77.4 Å². The minimum absolute atomic E-state index is 0.173. The fourth-order valence-electron chi connectivity index (χ4n) is 1.64. The molecule has 0 aromatic rings. The van der Waals surface area contributed by atoms with Crippen molar-refractivity contribution in [2.75, 3.05) is 13.2 Å². The van der Waals surface area contributed by atoms with Crippen molar-refractivity contribution < 1.29 is 14.0 Å². The fraction of sp³-hybridized carbons (Fsp3) is 0.824. The van der Waals surface area contributed by atoms with Crippen molar-refractivity contribution in [3.63, 3.8) is 0 Å². The van der Waals surface area contributed by atoms with E-state index in [1.165, 1.54) is 12.8 Å². The second kappa shape index (κ2) is 10.2. The van der Waals surface area contributed by atoms with Crippen molar-refractivity contribution in [3.05, 3.63) is 12.7 Å². The first-order valence-electron chi connectivity index (χ1n) is 8.11. The van der Waals surface area contributed by atoms with Gasteiger partial charge in [0.1, 0.15) is 0 Å². The zero-order chi connectivity index (χ0) is 16.4. The highest BCUT2D eigenvalue weighted by Gasteiger charge is 2.36. The fourth-order valence-corrected chi connectivity index (χ4v) is 2.73. The lowest BCUT2D eigenvalue weighted by Crippen LogP contribution is -2.40. The molecule has 0 fully saturated rings. The Morgan fingerprint density at radius 1 is 1.05 bits per heavy atom. The van der Waals surface area contributed by atoms with Crippen LogP contribution in [-0.4, -0.2) is 27.5 Å². The molecule has 0 aliphatic heterocycles. The number of rotatable bonds is 11. The molecule has 124 valence electrons. The van der Waals surface area contributed by atoms with Gasteiger partial charge in [0.05, 0.1) is 13.0 Å². The number of hydrogen-bond acceptors (Lipinski definition) is 3. The maximum Gasteiger partial charge on any atom is 0.309 e. The van der Waals surface area contributed by atoms with Gasteiger partial charge in [0.15, 0.2) is 8.32 Å². The quantitative estimate of drug-likeness (QED) is 0.231. The summed E-state index contributed by atoms with van der Waals surface area (Å²) in [5.74, 6) is -0.173. The normalized spacial score (nSPS) is 12.2. The highest BCUT2D eigenvalue weighted by molar-refractivity contribution is 6.74. The van der Waals surface area contributed by atoms with Crippen LogP contribution in [0.15, 0.2) is 12.7 Å². The summed E-state index contributed by atoms with van der Waals surface area (Å²) in [7, 11) is -1.57. The largest absolute Gasteiger partial charge is 0.465 e. The average Bonchev–Trinajstić information content (AvgIpc) is 2.35. The monoisotopic (exact) mass is 314 g/mol. The summed E-state index contributed by atoms with van der Waals surface area (Å²) in [6, 6.07) is 0. The lowest BCUT2D eigenvalue weighted by molar-refractivity contribution is -0.142. The average molecular weight is 315 g/mol. The van der Waals surface area contributed by atoms with Crippen LogP contribution in [0.4, 0.5) is 0 Å². The van der Waals surface area contributed by atoms with Crippen molar-refractivity contribution >= 4 is 14.3 Å². The molecule has 0 amide bonds. The van der Waals surface area contributed by atoms with Crippen LogP contribution in [0.2, 0.25) is 18.1 Å². The molecule has 0 heterocycles. The van der Waals surface area contributed by atoms with Gasteiger partial charge in [-0.25, -0.2) is 0 Å². The Kier molecular flexibility index (Phi) is 9.87. The molecule has 0 aliphatic rings. The standard InChI is InChI=1S/C17H34O3Si/c1-7-13-16(18)19-14-11-9-8-10-12-15-20-21(5,6)17(2,3)4/h7H,1,8-15H2,2-6H3. The van der Waals surface area contributed by atoms with Crippen LogP contribution < -0.4 is 0 Å². The van der Waals surface area contributed by atoms with Gasteiger partial charge >= 0.3 is 5.97 Å². The molecule has 0 aliphatic carbocycles. The summed E-state index contributed by atoms with van der Waals surface area (Å²) in [6.07, 6.45) is 7.45. The minimum Gasteiger partial charge on any atom is -0.465 e. The van der Waals surface area contributed by atoms with Crippen molar-refractivity contribution in [3.8, 4) is 0 Å². The van der Waals surface area contributed by atoms with E-state index in [1.807, 2.05) is 0 Å². The molecule has 0 N–H and O–H groups in total. The maximum atomic E-state index is 11.1. The summed E-state index contributed by atoms with van der Waals surface area (Å²) in [5, 5.41) is 0.294. The van der Waals surface area contributed by atoms with Crippen LogP contribution in [0.25, 0.3) is 0 Å². The molecule has 0 saturated heterocycles. The van der Waals surface area contributed by atoms with Gasteiger partial charge in [0.25, 0.3) is 0 Å². The van der Waals surface area contributed by atoms with E-state index in [0.717, 1.165) is 25.9 Å². The van der Waals surface area contributed by atoms with E-state index in [-0.39, 0.29) is 5.97 Å². The number of hydrogen-bond donors (Lipinski definition) is 0. The molecule has 0 radical (unpaired) electrons. The maximum absolute atomic E-state index is 11.1. The smallest absolute Gasteiger partial charge is 0.309 e. The van der Waals surface area contributed by atoms with Crippen LogP contribution in [0.5, 0.6) is 0 Å². The molecule has 0 atom stereocenters. The molecule has 0 aromatic heterocycles. The highest BCUT2D eigenvalue weighted by atomic mass is 28.4. The Morgan fingerprint density at radius 2 is 1.57 bits per heavy atom. The van der Waals surface area contributed by atoms with Crippen LogP contribution in [0.3, 0.4) is 0 Å². The molecule has 0 aromatic carbocycles. The van der Waals surface area contributed by atoms with Gasteiger partial charge in [-0.1, -0.05) is 46.1 Å². The van der Waals surface area contributed by atoms with Gasteiger partial charge in [0.2, 0.25) is 0 Å². The molecule has 0 unspecified atom stereocenters. The van der Waals surface area contributed by atoms with Crippen LogP contribution in [0, 0.1) is 0 Å². The zero-order valence-corrected chi connectivity index (χ0v) is 15.7. The third-order valence-corrected chi connectivity index (χ3v) is 8.67. The van der Waals surface area contributed by atoms with Crippen molar-refractivity contribution in [1.82, 2.24) is 0 Å². The predicted octanol–water partition coefficient (Wildman–Crippen LogP) is 5.08. The lowest BCUT2D eigenvalue weighted by atomic mass is 10.1. The Bertz CT molecular complexity index is 306. The Hall–Kier alpha value is -0.613. The number of unbranched alkanes of at least 4 members (excludes halogenated alkanes) is 4. The Balaban J connectivity index is 3.45. The van der Waals surface area contributed by atoms with Crippen LogP contribution >= 0.6 is 0 Å². The van der Waals surface area contributed by atoms with Gasteiger partial charge in [-0.2, -0.15) is 0 Å². The van der Waals surface area contributed by atoms with Crippen molar-refractivity contribution in [2.24, 2.45) is 0 Å². The summed E-state index contributed by atoms with van der Waals surface area (Å²) in [6.45, 7) is 16.3. The first-order chi connectivity index (χ1) is 9.70. The van der Waals surface area contributed by atoms with Gasteiger partial charge < -0.3 is 9.16 Å². The summed E-state index contributed by atoms with van der Waals surface area (Å²) in [4.78, 5) is 11.1. The van der Waals surface area contributed by atoms with Crippen molar-refractivity contribution in [1.29, 1.82) is 0 Å². The number of carbonyl (C=O) groups is 1. The van der Waals surface area contributed by atoms with E-state index in [2.05, 4.69) is 40.4 Å². The molecular formula is C17H34O3Si. The predicted molar refractivity (Wildman–Crippen MR) is 92.0 cm³/mol. The summed E-state index contributed by atoms with van der Waals surface area (Å²) >= 11 is 0. The third-order valence-electron chi connectivity index (χ3n) is 4.13. The van der Waals surface area contributed by atoms with E-state index < -0.39 is 8.32 Å². The van der Waals surface area contributed by atoms with Gasteiger partial charge in [-0.05, 0) is 31.0 Å². The molecular weight excluding hydrogens is 280 g/mol. The first kappa shape index (κ1) is 20.4. The van der Waals surface area contributed by atoms with E-state index >= 15 is 0 Å². The van der Waals surface area contributed by atoms with E-state index in [0.29, 0.717) is 18.1 Å². The Morgan fingerprint density at radius 3 is 2.10 bits per heavy atom. The number of esters is 1. The molecule has 21 heavy (non-hydrogen) atoms. The molecule has 4 heteroatoms. The number of carbonyl (C=O) groups excluding carboxylic acids is 1. The molecule has 3 nitrogen and oxygen atoms in total. The van der Waals surface area contributed by atoms with E-state index in [9.17, 15) is 4.79 Å². The topological polar surface area (TPSA) is 35.5 Å². The SMILES string of the molecule is C=CCC(=O)OCCCCCCCO[Si](C)(C)C(C)(C)C. The highest BCUT2D eigenvalue weighted by Crippen LogP contribution is 2.36. The van der Waals surface area contributed by atoms with Gasteiger partial charge in [0, 0.05) is 6.61 Å². The summed E-state index contributed by atoms with van der Waals surface area (Å²) in [5.41, 5.74) is 0. The summed E-state index contributed by atoms with van der Waals surface area (Å²) < 4.78 is 11.2. The molecule has 0 bridgehead atoms. The zero-order valence-electron chi connectivity index (χ0n) is 14.7. The Labute approximate surface area is 132 Å². The second-order valence-corrected chi connectivity index (χ2v) is 11.9. The van der Waals surface area contributed by atoms with Crippen LogP contribution in [-0.2, 0) is 14.0 Å². The molecule has 0 rings (SSSR count). The number of ether oxygens (including phenoxy) is 1. The molecule has 0 saturated carbocycles. The van der Waals surface area contributed by atoms with Gasteiger partial charge in [-0.3, -0.25) is 4.79 Å². The second-order valence-electron chi connectivity index (χ2n) is 7.09. The first-order valence-corrected chi connectivity index (χ1v) is 11.0. The third kappa shape index (κ3) is 9.85. The minimum atomic E-state index is -1.57. The molecule has 0 spiro atoms. The van der Waals surface area contributed by atoms with Gasteiger partial charge in [-0.15, -0.1) is 6.58 Å².